The molecular formula is C19H28N2O4. The van der Waals surface area contributed by atoms with Gasteiger partial charge in [0.1, 0.15) is 6.04 Å². The van der Waals surface area contributed by atoms with Gasteiger partial charge >= 0.3 is 5.97 Å². The topological polar surface area (TPSA) is 78.9 Å². The lowest BCUT2D eigenvalue weighted by Crippen LogP contribution is -2.46. The van der Waals surface area contributed by atoms with Gasteiger partial charge in [-0.15, -0.1) is 0 Å². The standard InChI is InChI=1S/C19H28N2O4/c1-2-3-9-17(19(23)24)20-18(22)12-16-14-21(10-11-25-16)13-15-7-5-4-6-8-15/h4-8,16-17H,2-3,9-14H2,1H3,(H,20,22)(H,23,24)/t16?,17-/m0/s1. The van der Waals surface area contributed by atoms with Crippen molar-refractivity contribution in [1.29, 1.82) is 0 Å². The number of carbonyl (C=O) groups excluding carboxylic acids is 1. The Morgan fingerprint density at radius 3 is 2.80 bits per heavy atom. The van der Waals surface area contributed by atoms with Crippen molar-refractivity contribution in [2.75, 3.05) is 19.7 Å². The van der Waals surface area contributed by atoms with Gasteiger partial charge in [-0.1, -0.05) is 50.1 Å². The Morgan fingerprint density at radius 2 is 2.12 bits per heavy atom. The number of carboxylic acid groups (broad SMARTS) is 1. The number of hydrogen-bond donors (Lipinski definition) is 2. The molecule has 1 aliphatic rings. The van der Waals surface area contributed by atoms with Gasteiger partial charge in [0.15, 0.2) is 0 Å². The molecule has 0 aliphatic carbocycles. The third-order valence-electron chi connectivity index (χ3n) is 4.36. The van der Waals surface area contributed by atoms with Gasteiger partial charge in [-0.2, -0.15) is 0 Å². The molecule has 0 spiro atoms. The summed E-state index contributed by atoms with van der Waals surface area (Å²) in [5.74, 6) is -1.23. The monoisotopic (exact) mass is 348 g/mol. The van der Waals surface area contributed by atoms with E-state index in [1.54, 1.807) is 0 Å². The van der Waals surface area contributed by atoms with E-state index in [1.807, 2.05) is 25.1 Å². The molecule has 1 aliphatic heterocycles. The Kier molecular flexibility index (Phi) is 7.88. The zero-order valence-corrected chi connectivity index (χ0v) is 14.8. The zero-order valence-electron chi connectivity index (χ0n) is 14.8. The van der Waals surface area contributed by atoms with E-state index >= 15 is 0 Å². The van der Waals surface area contributed by atoms with E-state index < -0.39 is 12.0 Å². The van der Waals surface area contributed by atoms with Gasteiger partial charge in [0.25, 0.3) is 0 Å². The molecule has 138 valence electrons. The molecule has 25 heavy (non-hydrogen) atoms. The smallest absolute Gasteiger partial charge is 0.326 e. The largest absolute Gasteiger partial charge is 0.480 e. The van der Waals surface area contributed by atoms with Crippen LogP contribution in [0.1, 0.15) is 38.2 Å². The molecule has 6 heteroatoms. The summed E-state index contributed by atoms with van der Waals surface area (Å²) in [5.41, 5.74) is 1.23. The lowest BCUT2D eigenvalue weighted by molar-refractivity contribution is -0.142. The number of unbranched alkanes of at least 4 members (excludes halogenated alkanes) is 1. The molecule has 6 nitrogen and oxygen atoms in total. The summed E-state index contributed by atoms with van der Waals surface area (Å²) in [5, 5.41) is 11.8. The van der Waals surface area contributed by atoms with E-state index in [-0.39, 0.29) is 18.4 Å². The van der Waals surface area contributed by atoms with E-state index in [0.717, 1.165) is 25.9 Å². The fraction of sp³-hybridized carbons (Fsp3) is 0.579. The van der Waals surface area contributed by atoms with Gasteiger partial charge in [-0.3, -0.25) is 9.69 Å². The molecule has 0 saturated carbocycles. The predicted molar refractivity (Wildman–Crippen MR) is 95.2 cm³/mol. The molecule has 1 aromatic rings. The number of amides is 1. The summed E-state index contributed by atoms with van der Waals surface area (Å²) < 4.78 is 5.69. The second-order valence-electron chi connectivity index (χ2n) is 6.52. The molecule has 2 rings (SSSR count). The van der Waals surface area contributed by atoms with Crippen LogP contribution in [-0.2, 0) is 20.9 Å². The van der Waals surface area contributed by atoms with Gasteiger partial charge < -0.3 is 15.2 Å². The number of hydrogen-bond acceptors (Lipinski definition) is 4. The van der Waals surface area contributed by atoms with Crippen LogP contribution < -0.4 is 5.32 Å². The molecule has 2 atom stereocenters. The first-order chi connectivity index (χ1) is 12.1. The summed E-state index contributed by atoms with van der Waals surface area (Å²) in [4.78, 5) is 25.7. The first kappa shape index (κ1) is 19.4. The zero-order chi connectivity index (χ0) is 18.1. The van der Waals surface area contributed by atoms with Crippen LogP contribution in [0.3, 0.4) is 0 Å². The van der Waals surface area contributed by atoms with E-state index in [2.05, 4.69) is 22.3 Å². The van der Waals surface area contributed by atoms with Gasteiger partial charge in [-0.25, -0.2) is 4.79 Å². The summed E-state index contributed by atoms with van der Waals surface area (Å²) in [6.07, 6.45) is 2.14. The van der Waals surface area contributed by atoms with Gasteiger partial charge in [0.2, 0.25) is 5.91 Å². The van der Waals surface area contributed by atoms with Crippen molar-refractivity contribution < 1.29 is 19.4 Å². The van der Waals surface area contributed by atoms with Crippen molar-refractivity contribution in [3.63, 3.8) is 0 Å². The molecule has 1 saturated heterocycles. The minimum absolute atomic E-state index is 0.196. The minimum Gasteiger partial charge on any atom is -0.480 e. The maximum atomic E-state index is 12.2. The first-order valence-corrected chi connectivity index (χ1v) is 8.98. The van der Waals surface area contributed by atoms with Crippen LogP contribution in [0.5, 0.6) is 0 Å². The lowest BCUT2D eigenvalue weighted by Gasteiger charge is -2.32. The summed E-state index contributed by atoms with van der Waals surface area (Å²) >= 11 is 0. The number of morpholine rings is 1. The van der Waals surface area contributed by atoms with Crippen molar-refractivity contribution in [3.8, 4) is 0 Å². The lowest BCUT2D eigenvalue weighted by atomic mass is 10.1. The number of aliphatic carboxylic acids is 1. The predicted octanol–water partition coefficient (Wildman–Crippen LogP) is 2.04. The molecular weight excluding hydrogens is 320 g/mol. The quantitative estimate of drug-likeness (QED) is 0.714. The number of nitrogens with one attached hydrogen (secondary N) is 1. The number of carbonyl (C=O) groups is 2. The van der Waals surface area contributed by atoms with E-state index in [4.69, 9.17) is 4.74 Å². The fourth-order valence-corrected chi connectivity index (χ4v) is 3.01. The number of rotatable bonds is 9. The van der Waals surface area contributed by atoms with Crippen LogP contribution in [0.2, 0.25) is 0 Å². The highest BCUT2D eigenvalue weighted by Crippen LogP contribution is 2.13. The normalized spacial score (nSPS) is 19.3. The van der Waals surface area contributed by atoms with Gasteiger partial charge in [-0.05, 0) is 12.0 Å². The highest BCUT2D eigenvalue weighted by Gasteiger charge is 2.25. The molecule has 2 N–H and O–H groups in total. The molecule has 0 aromatic heterocycles. The molecule has 1 heterocycles. The van der Waals surface area contributed by atoms with E-state index in [1.165, 1.54) is 5.56 Å². The highest BCUT2D eigenvalue weighted by molar-refractivity contribution is 5.83. The van der Waals surface area contributed by atoms with Crippen LogP contribution in [0.25, 0.3) is 0 Å². The van der Waals surface area contributed by atoms with Crippen molar-refractivity contribution >= 4 is 11.9 Å². The van der Waals surface area contributed by atoms with Crippen molar-refractivity contribution in [2.45, 2.75) is 51.3 Å². The van der Waals surface area contributed by atoms with E-state index in [9.17, 15) is 14.7 Å². The number of carboxylic acids is 1. The second kappa shape index (κ2) is 10.2. The molecule has 0 bridgehead atoms. The third-order valence-corrected chi connectivity index (χ3v) is 4.36. The van der Waals surface area contributed by atoms with Gasteiger partial charge in [0.05, 0.1) is 19.1 Å². The number of ether oxygens (including phenoxy) is 1. The van der Waals surface area contributed by atoms with E-state index in [0.29, 0.717) is 19.6 Å². The first-order valence-electron chi connectivity index (χ1n) is 8.98. The number of nitrogens with zero attached hydrogens (tertiary/aromatic N) is 1. The SMILES string of the molecule is CCCC[C@H](NC(=O)CC1CN(Cc2ccccc2)CCO1)C(=O)O. The summed E-state index contributed by atoms with van der Waals surface area (Å²) in [6.45, 7) is 4.92. The second-order valence-corrected chi connectivity index (χ2v) is 6.52. The average molecular weight is 348 g/mol. The van der Waals surface area contributed by atoms with Crippen molar-refractivity contribution in [3.05, 3.63) is 35.9 Å². The maximum absolute atomic E-state index is 12.2. The van der Waals surface area contributed by atoms with Crippen LogP contribution in [0.15, 0.2) is 30.3 Å². The Morgan fingerprint density at radius 1 is 1.36 bits per heavy atom. The van der Waals surface area contributed by atoms with Crippen molar-refractivity contribution in [2.24, 2.45) is 0 Å². The summed E-state index contributed by atoms with van der Waals surface area (Å²) in [7, 11) is 0. The Hall–Kier alpha value is -1.92. The third kappa shape index (κ3) is 6.84. The van der Waals surface area contributed by atoms with Gasteiger partial charge in [0, 0.05) is 19.6 Å². The Labute approximate surface area is 149 Å². The van der Waals surface area contributed by atoms with Crippen LogP contribution >= 0.6 is 0 Å². The molecule has 0 radical (unpaired) electrons. The molecule has 1 amide bonds. The minimum atomic E-state index is -0.975. The van der Waals surface area contributed by atoms with Crippen LogP contribution in [0.4, 0.5) is 0 Å². The van der Waals surface area contributed by atoms with Crippen LogP contribution in [-0.4, -0.2) is 53.7 Å². The van der Waals surface area contributed by atoms with Crippen LogP contribution in [0, 0.1) is 0 Å². The maximum Gasteiger partial charge on any atom is 0.326 e. The molecule has 1 aromatic carbocycles. The fourth-order valence-electron chi connectivity index (χ4n) is 3.01. The average Bonchev–Trinajstić information content (AvgIpc) is 2.59. The van der Waals surface area contributed by atoms with Crippen molar-refractivity contribution in [1.82, 2.24) is 10.2 Å². The Balaban J connectivity index is 1.80. The molecule has 1 unspecified atom stereocenters. The molecule has 1 fully saturated rings. The Bertz CT molecular complexity index is 550. The highest BCUT2D eigenvalue weighted by atomic mass is 16.5. The number of benzene rings is 1. The summed E-state index contributed by atoms with van der Waals surface area (Å²) in [6, 6.07) is 9.39.